The molecule has 0 aromatic heterocycles. The highest BCUT2D eigenvalue weighted by Gasteiger charge is 2.27. The van der Waals surface area contributed by atoms with Crippen molar-refractivity contribution in [2.24, 2.45) is 0 Å². The fraction of sp³-hybridized carbons (Fsp3) is 0.529. The molecule has 2 aliphatic carbocycles. The Kier molecular flexibility index (Phi) is 4.43. The molecule has 2 rings (SSSR count). The summed E-state index contributed by atoms with van der Waals surface area (Å²) in [5, 5.41) is 0. The summed E-state index contributed by atoms with van der Waals surface area (Å²) in [6.07, 6.45) is 18.7. The van der Waals surface area contributed by atoms with E-state index >= 15 is 0 Å². The van der Waals surface area contributed by atoms with Crippen LogP contribution in [0, 0.1) is 0 Å². The third kappa shape index (κ3) is 4.19. The number of allylic oxidation sites excluding steroid dienone is 4. The Balaban J connectivity index is 1.80. The van der Waals surface area contributed by atoms with Gasteiger partial charge in [-0.1, -0.05) is 48.6 Å². The zero-order chi connectivity index (χ0) is 13.8. The molecule has 0 saturated heterocycles. The van der Waals surface area contributed by atoms with Crippen molar-refractivity contribution in [2.75, 3.05) is 6.61 Å². The highest BCUT2D eigenvalue weighted by molar-refractivity contribution is 5.18. The van der Waals surface area contributed by atoms with Gasteiger partial charge in [0.05, 0.1) is 23.9 Å². The molecular weight excluding hydrogens is 236 g/mol. The zero-order valence-corrected chi connectivity index (χ0v) is 12.1. The molecule has 3 unspecified atom stereocenters. The Bertz CT molecular complexity index is 419. The second kappa shape index (κ2) is 5.89. The van der Waals surface area contributed by atoms with E-state index in [0.717, 1.165) is 12.8 Å². The Morgan fingerprint density at radius 2 is 1.53 bits per heavy atom. The highest BCUT2D eigenvalue weighted by atomic mass is 16.6. The van der Waals surface area contributed by atoms with E-state index in [9.17, 15) is 0 Å². The van der Waals surface area contributed by atoms with Gasteiger partial charge < -0.3 is 9.47 Å². The lowest BCUT2D eigenvalue weighted by atomic mass is 9.97. The van der Waals surface area contributed by atoms with Crippen LogP contribution in [0.2, 0.25) is 0 Å². The summed E-state index contributed by atoms with van der Waals surface area (Å²) >= 11 is 0. The van der Waals surface area contributed by atoms with Crippen molar-refractivity contribution < 1.29 is 9.47 Å². The van der Waals surface area contributed by atoms with Crippen molar-refractivity contribution in [2.45, 2.75) is 50.9 Å². The fourth-order valence-corrected chi connectivity index (χ4v) is 2.41. The molecule has 2 heteroatoms. The molecule has 0 radical (unpaired) electrons. The summed E-state index contributed by atoms with van der Waals surface area (Å²) in [5.74, 6) is 0. The van der Waals surface area contributed by atoms with Gasteiger partial charge in [0.1, 0.15) is 0 Å². The summed E-state index contributed by atoms with van der Waals surface area (Å²) in [5.41, 5.74) is -0.379. The standard InChI is InChI=1S/C17H24O2/c1-15(19-17(3)12-8-5-9-13-17)14-18-16(2)10-6-4-7-11-16/h4-10,12,15H,11,13-14H2,1-3H3. The average Bonchev–Trinajstić information content (AvgIpc) is 2.38. The molecule has 0 bridgehead atoms. The van der Waals surface area contributed by atoms with E-state index in [1.165, 1.54) is 0 Å². The second-order valence-electron chi connectivity index (χ2n) is 5.85. The summed E-state index contributed by atoms with van der Waals surface area (Å²) in [6.45, 7) is 6.92. The quantitative estimate of drug-likeness (QED) is 0.745. The van der Waals surface area contributed by atoms with Gasteiger partial charge in [0.25, 0.3) is 0 Å². The maximum atomic E-state index is 6.11. The van der Waals surface area contributed by atoms with Crippen molar-refractivity contribution in [3.05, 3.63) is 48.6 Å². The topological polar surface area (TPSA) is 18.5 Å². The van der Waals surface area contributed by atoms with Crippen LogP contribution in [0.5, 0.6) is 0 Å². The van der Waals surface area contributed by atoms with Gasteiger partial charge >= 0.3 is 0 Å². The predicted octanol–water partition coefficient (Wildman–Crippen LogP) is 3.96. The van der Waals surface area contributed by atoms with Gasteiger partial charge in [-0.05, 0) is 33.6 Å². The monoisotopic (exact) mass is 260 g/mol. The molecule has 0 aliphatic heterocycles. The molecular formula is C17H24O2. The molecule has 0 saturated carbocycles. The third-order valence-corrected chi connectivity index (χ3v) is 3.56. The summed E-state index contributed by atoms with van der Waals surface area (Å²) in [6, 6.07) is 0. The Morgan fingerprint density at radius 1 is 0.947 bits per heavy atom. The summed E-state index contributed by atoms with van der Waals surface area (Å²) in [7, 11) is 0. The Labute approximate surface area is 116 Å². The zero-order valence-electron chi connectivity index (χ0n) is 12.1. The third-order valence-electron chi connectivity index (χ3n) is 3.56. The van der Waals surface area contributed by atoms with Crippen molar-refractivity contribution in [3.8, 4) is 0 Å². The lowest BCUT2D eigenvalue weighted by molar-refractivity contribution is -0.104. The number of ether oxygens (including phenoxy) is 2. The van der Waals surface area contributed by atoms with Crippen molar-refractivity contribution in [1.82, 2.24) is 0 Å². The maximum absolute atomic E-state index is 6.11. The number of hydrogen-bond donors (Lipinski definition) is 0. The molecule has 0 heterocycles. The molecule has 19 heavy (non-hydrogen) atoms. The Morgan fingerprint density at radius 3 is 2.05 bits per heavy atom. The van der Waals surface area contributed by atoms with E-state index in [2.05, 4.69) is 57.2 Å². The van der Waals surface area contributed by atoms with E-state index in [4.69, 9.17) is 9.47 Å². The molecule has 0 fully saturated rings. The first-order chi connectivity index (χ1) is 9.02. The number of rotatable bonds is 5. The molecule has 104 valence electrons. The van der Waals surface area contributed by atoms with Crippen LogP contribution in [0.25, 0.3) is 0 Å². The van der Waals surface area contributed by atoms with Crippen LogP contribution in [0.1, 0.15) is 33.6 Å². The lowest BCUT2D eigenvalue weighted by Gasteiger charge is -2.33. The van der Waals surface area contributed by atoms with Crippen LogP contribution in [-0.2, 0) is 9.47 Å². The highest BCUT2D eigenvalue weighted by Crippen LogP contribution is 2.25. The van der Waals surface area contributed by atoms with E-state index < -0.39 is 0 Å². The molecule has 2 nitrogen and oxygen atoms in total. The van der Waals surface area contributed by atoms with Crippen molar-refractivity contribution in [1.29, 1.82) is 0 Å². The minimum Gasteiger partial charge on any atom is -0.368 e. The van der Waals surface area contributed by atoms with E-state index in [1.807, 2.05) is 12.2 Å². The van der Waals surface area contributed by atoms with Gasteiger partial charge in [0, 0.05) is 0 Å². The molecule has 3 atom stereocenters. The van der Waals surface area contributed by atoms with Crippen LogP contribution in [0.4, 0.5) is 0 Å². The first-order valence-corrected chi connectivity index (χ1v) is 7.02. The predicted molar refractivity (Wildman–Crippen MR) is 79.1 cm³/mol. The van der Waals surface area contributed by atoms with Gasteiger partial charge in [0.15, 0.2) is 0 Å². The second-order valence-corrected chi connectivity index (χ2v) is 5.85. The normalized spacial score (nSPS) is 34.7. The van der Waals surface area contributed by atoms with Crippen LogP contribution < -0.4 is 0 Å². The lowest BCUT2D eigenvalue weighted by Crippen LogP contribution is -2.36. The number of hydrogen-bond acceptors (Lipinski definition) is 2. The smallest absolute Gasteiger partial charge is 0.0876 e. The molecule has 0 aromatic rings. The Hall–Kier alpha value is -1.12. The molecule has 0 amide bonds. The van der Waals surface area contributed by atoms with Crippen LogP contribution >= 0.6 is 0 Å². The van der Waals surface area contributed by atoms with Gasteiger partial charge in [-0.2, -0.15) is 0 Å². The van der Waals surface area contributed by atoms with E-state index in [-0.39, 0.29) is 17.3 Å². The minimum absolute atomic E-state index is 0.0808. The van der Waals surface area contributed by atoms with Gasteiger partial charge in [0.2, 0.25) is 0 Å². The van der Waals surface area contributed by atoms with Crippen LogP contribution in [0.3, 0.4) is 0 Å². The average molecular weight is 260 g/mol. The first-order valence-electron chi connectivity index (χ1n) is 7.02. The minimum atomic E-state index is -0.194. The van der Waals surface area contributed by atoms with Crippen molar-refractivity contribution >= 4 is 0 Å². The van der Waals surface area contributed by atoms with Crippen LogP contribution in [0.15, 0.2) is 48.6 Å². The SMILES string of the molecule is CC(COC1(C)C=CC=CC1)OC1(C)C=CC=CC1. The van der Waals surface area contributed by atoms with Gasteiger partial charge in [-0.15, -0.1) is 0 Å². The van der Waals surface area contributed by atoms with Gasteiger partial charge in [-0.3, -0.25) is 0 Å². The van der Waals surface area contributed by atoms with E-state index in [0.29, 0.717) is 6.61 Å². The first kappa shape index (κ1) is 14.3. The fourth-order valence-electron chi connectivity index (χ4n) is 2.41. The molecule has 0 N–H and O–H groups in total. The molecule has 0 spiro atoms. The van der Waals surface area contributed by atoms with Crippen LogP contribution in [-0.4, -0.2) is 23.9 Å². The van der Waals surface area contributed by atoms with E-state index in [1.54, 1.807) is 0 Å². The van der Waals surface area contributed by atoms with Gasteiger partial charge in [-0.25, -0.2) is 0 Å². The molecule has 0 aromatic carbocycles. The molecule has 2 aliphatic rings. The van der Waals surface area contributed by atoms with Crippen molar-refractivity contribution in [3.63, 3.8) is 0 Å². The maximum Gasteiger partial charge on any atom is 0.0876 e. The summed E-state index contributed by atoms with van der Waals surface area (Å²) < 4.78 is 12.1. The largest absolute Gasteiger partial charge is 0.368 e. The summed E-state index contributed by atoms with van der Waals surface area (Å²) in [4.78, 5) is 0.